The highest BCUT2D eigenvalue weighted by Gasteiger charge is 2.30. The molecule has 0 unspecified atom stereocenters. The fourth-order valence-corrected chi connectivity index (χ4v) is 6.34. The van der Waals surface area contributed by atoms with E-state index in [1.807, 2.05) is 17.7 Å². The van der Waals surface area contributed by atoms with Gasteiger partial charge in [0.15, 0.2) is 5.82 Å². The van der Waals surface area contributed by atoms with E-state index in [2.05, 4.69) is 15.2 Å². The van der Waals surface area contributed by atoms with Crippen LogP contribution in [0, 0.1) is 11.8 Å². The van der Waals surface area contributed by atoms with E-state index in [4.69, 9.17) is 44.5 Å². The zero-order valence-corrected chi connectivity index (χ0v) is 24.1. The summed E-state index contributed by atoms with van der Waals surface area (Å²) < 4.78 is 6.79. The molecule has 1 aliphatic carbocycles. The Morgan fingerprint density at radius 3 is 2.56 bits per heavy atom. The van der Waals surface area contributed by atoms with E-state index in [0.717, 1.165) is 56.6 Å². The Hall–Kier alpha value is -2.65. The molecule has 8 nitrogen and oxygen atoms in total. The van der Waals surface area contributed by atoms with E-state index in [9.17, 15) is 9.59 Å². The Labute approximate surface area is 242 Å². The van der Waals surface area contributed by atoms with Gasteiger partial charge in [0, 0.05) is 56.1 Å². The third-order valence-electron chi connectivity index (χ3n) is 7.82. The number of rotatable bonds is 6. The van der Waals surface area contributed by atoms with E-state index >= 15 is 0 Å². The van der Waals surface area contributed by atoms with Gasteiger partial charge in [-0.1, -0.05) is 46.9 Å². The summed E-state index contributed by atoms with van der Waals surface area (Å²) in [4.78, 5) is 36.3. The lowest BCUT2D eigenvalue weighted by molar-refractivity contribution is -0.146. The first-order valence-corrected chi connectivity index (χ1v) is 14.1. The quantitative estimate of drug-likeness (QED) is 0.278. The van der Waals surface area contributed by atoms with E-state index in [0.29, 0.717) is 45.1 Å². The van der Waals surface area contributed by atoms with E-state index < -0.39 is 0 Å². The van der Waals surface area contributed by atoms with Crippen LogP contribution < -0.4 is 5.32 Å². The third kappa shape index (κ3) is 5.80. The van der Waals surface area contributed by atoms with Gasteiger partial charge in [-0.05, 0) is 43.7 Å². The molecule has 39 heavy (non-hydrogen) atoms. The number of amides is 1. The summed E-state index contributed by atoms with van der Waals surface area (Å²) in [5.41, 5.74) is 3.72. The Morgan fingerprint density at radius 2 is 1.82 bits per heavy atom. The number of imidazole rings is 1. The van der Waals surface area contributed by atoms with Crippen molar-refractivity contribution in [1.82, 2.24) is 19.4 Å². The second kappa shape index (κ2) is 11.8. The molecule has 0 atom stereocenters. The maximum atomic E-state index is 13.3. The Kier molecular flexibility index (Phi) is 8.47. The second-order valence-electron chi connectivity index (χ2n) is 10.2. The molecule has 1 fully saturated rings. The number of hydrogen-bond donors (Lipinski definition) is 1. The Balaban J connectivity index is 1.26. The van der Waals surface area contributed by atoms with Crippen LogP contribution in [0.15, 0.2) is 30.5 Å². The molecule has 5 rings (SSSR count). The van der Waals surface area contributed by atoms with Gasteiger partial charge in [0.25, 0.3) is 5.91 Å². The fraction of sp³-hybridized carbons (Fsp3) is 0.429. The minimum Gasteiger partial charge on any atom is -0.469 e. The highest BCUT2D eigenvalue weighted by molar-refractivity contribution is 6.44. The molecule has 11 heteroatoms. The van der Waals surface area contributed by atoms with Crippen molar-refractivity contribution in [2.24, 2.45) is 18.9 Å². The van der Waals surface area contributed by atoms with Crippen LogP contribution in [0.5, 0.6) is 0 Å². The van der Waals surface area contributed by atoms with Gasteiger partial charge in [0.05, 0.1) is 34.5 Å². The van der Waals surface area contributed by atoms with Gasteiger partial charge in [-0.15, -0.1) is 0 Å². The molecule has 1 saturated carbocycles. The minimum atomic E-state index is -0.336. The van der Waals surface area contributed by atoms with Crippen molar-refractivity contribution in [2.45, 2.75) is 38.6 Å². The predicted molar refractivity (Wildman–Crippen MR) is 152 cm³/mol. The summed E-state index contributed by atoms with van der Waals surface area (Å²) in [6, 6.07) is 7.07. The molecule has 1 aliphatic heterocycles. The third-order valence-corrected chi connectivity index (χ3v) is 8.99. The molecule has 0 spiro atoms. The van der Waals surface area contributed by atoms with Crippen molar-refractivity contribution in [3.05, 3.63) is 62.9 Å². The highest BCUT2D eigenvalue weighted by atomic mass is 35.5. The van der Waals surface area contributed by atoms with Crippen molar-refractivity contribution in [2.75, 3.05) is 25.5 Å². The molecule has 1 amide bonds. The monoisotopic (exact) mass is 589 g/mol. The number of ether oxygens (including phenoxy) is 1. The summed E-state index contributed by atoms with van der Waals surface area (Å²) in [5.74, 6) is 0.500. The topological polar surface area (TPSA) is 89.3 Å². The largest absolute Gasteiger partial charge is 0.469 e. The van der Waals surface area contributed by atoms with Crippen LogP contribution in [-0.4, -0.2) is 51.5 Å². The van der Waals surface area contributed by atoms with Gasteiger partial charge in [0.2, 0.25) is 0 Å². The van der Waals surface area contributed by atoms with Crippen molar-refractivity contribution >= 4 is 52.4 Å². The number of benzene rings is 1. The summed E-state index contributed by atoms with van der Waals surface area (Å²) >= 11 is 19.1. The van der Waals surface area contributed by atoms with Crippen LogP contribution in [0.2, 0.25) is 15.2 Å². The lowest BCUT2D eigenvalue weighted by Crippen LogP contribution is -2.36. The molecule has 2 aliphatic rings. The van der Waals surface area contributed by atoms with E-state index in [1.54, 1.807) is 24.4 Å². The van der Waals surface area contributed by atoms with Crippen LogP contribution >= 0.6 is 34.8 Å². The predicted octanol–water partition coefficient (Wildman–Crippen LogP) is 6.03. The first kappa shape index (κ1) is 27.9. The number of aromatic nitrogens is 3. The molecule has 1 aromatic carbocycles. The lowest BCUT2D eigenvalue weighted by Gasteiger charge is -2.33. The summed E-state index contributed by atoms with van der Waals surface area (Å²) in [7, 11) is 3.34. The number of anilines is 1. The molecule has 1 N–H and O–H groups in total. The van der Waals surface area contributed by atoms with Gasteiger partial charge in [-0.25, -0.2) is 9.97 Å². The standard InChI is InChI=1S/C28H30Cl3N5O3/c1-35-22-11-13-36(14-16-6-8-17(9-7-16)28(38)39-2)15-21(22)33-26(35)27(37)34-20-5-3-4-18(23(20)29)19-10-12-32-25(31)24(19)30/h3-5,10,12,16-17H,6-9,11,13-15H2,1-2H3,(H,34,37). The molecular weight excluding hydrogens is 561 g/mol. The van der Waals surface area contributed by atoms with Gasteiger partial charge in [-0.2, -0.15) is 0 Å². The Bertz CT molecular complexity index is 1400. The number of esters is 1. The maximum absolute atomic E-state index is 13.3. The molecule has 0 bridgehead atoms. The zero-order valence-electron chi connectivity index (χ0n) is 21.8. The first-order chi connectivity index (χ1) is 18.8. The van der Waals surface area contributed by atoms with Crippen LogP contribution in [0.4, 0.5) is 5.69 Å². The van der Waals surface area contributed by atoms with Crippen molar-refractivity contribution in [3.63, 3.8) is 0 Å². The average molecular weight is 591 g/mol. The smallest absolute Gasteiger partial charge is 0.308 e. The normalized spacial score (nSPS) is 19.4. The second-order valence-corrected chi connectivity index (χ2v) is 11.3. The number of pyridine rings is 1. The average Bonchev–Trinajstić information content (AvgIpc) is 3.27. The lowest BCUT2D eigenvalue weighted by atomic mass is 9.81. The van der Waals surface area contributed by atoms with Gasteiger partial charge >= 0.3 is 5.97 Å². The van der Waals surface area contributed by atoms with Crippen molar-refractivity contribution in [3.8, 4) is 11.1 Å². The van der Waals surface area contributed by atoms with Crippen LogP contribution in [0.3, 0.4) is 0 Å². The van der Waals surface area contributed by atoms with Crippen molar-refractivity contribution < 1.29 is 14.3 Å². The Morgan fingerprint density at radius 1 is 1.08 bits per heavy atom. The molecule has 206 valence electrons. The number of fused-ring (bicyclic) bond motifs is 1. The van der Waals surface area contributed by atoms with E-state index in [1.165, 1.54) is 7.11 Å². The molecule has 2 aromatic heterocycles. The van der Waals surface area contributed by atoms with Gasteiger partial charge < -0.3 is 14.6 Å². The van der Waals surface area contributed by atoms with Crippen LogP contribution in [0.25, 0.3) is 11.1 Å². The van der Waals surface area contributed by atoms with Gasteiger partial charge in [-0.3, -0.25) is 14.5 Å². The number of halogens is 3. The number of nitrogens with one attached hydrogen (secondary N) is 1. The highest BCUT2D eigenvalue weighted by Crippen LogP contribution is 2.39. The number of carbonyl (C=O) groups is 2. The van der Waals surface area contributed by atoms with Gasteiger partial charge in [0.1, 0.15) is 5.15 Å². The molecular formula is C28H30Cl3N5O3. The SMILES string of the molecule is COC(=O)C1CCC(CN2CCc3c(nc(C(=O)Nc4cccc(-c5ccnc(Cl)c5Cl)c4Cl)n3C)C2)CC1. The maximum Gasteiger partial charge on any atom is 0.308 e. The molecule has 0 radical (unpaired) electrons. The van der Waals surface area contributed by atoms with Crippen LogP contribution in [-0.2, 0) is 29.5 Å². The zero-order chi connectivity index (χ0) is 27.7. The summed E-state index contributed by atoms with van der Waals surface area (Å²) in [6.45, 7) is 2.58. The summed E-state index contributed by atoms with van der Waals surface area (Å²) in [5, 5.41) is 3.74. The fourth-order valence-electron chi connectivity index (χ4n) is 5.69. The number of nitrogens with zero attached hydrogens (tertiary/aromatic N) is 4. The molecule has 3 heterocycles. The summed E-state index contributed by atoms with van der Waals surface area (Å²) in [6.07, 6.45) is 6.19. The number of hydrogen-bond acceptors (Lipinski definition) is 6. The number of carbonyl (C=O) groups excluding carboxylic acids is 2. The first-order valence-electron chi connectivity index (χ1n) is 13.0. The minimum absolute atomic E-state index is 0.0322. The van der Waals surface area contributed by atoms with E-state index in [-0.39, 0.29) is 22.9 Å². The molecule has 0 saturated heterocycles. The molecule has 3 aromatic rings. The van der Waals surface area contributed by atoms with Crippen molar-refractivity contribution in [1.29, 1.82) is 0 Å². The number of methoxy groups -OCH3 is 1. The van der Waals surface area contributed by atoms with Crippen LogP contribution in [0.1, 0.15) is 47.7 Å².